The Morgan fingerprint density at radius 1 is 1.22 bits per heavy atom. The Balaban J connectivity index is 1.35. The van der Waals surface area contributed by atoms with Crippen LogP contribution in [0, 0.1) is 12.8 Å². The van der Waals surface area contributed by atoms with Crippen molar-refractivity contribution >= 4 is 35.1 Å². The van der Waals surface area contributed by atoms with E-state index < -0.39 is 0 Å². The number of carbonyl (C=O) groups is 2. The molecule has 1 aliphatic carbocycles. The molecule has 3 rings (SSSR count). The molecule has 1 aromatic heterocycles. The number of hydrogen-bond donors (Lipinski definition) is 2. The maximum absolute atomic E-state index is 12.1. The van der Waals surface area contributed by atoms with Gasteiger partial charge in [0.25, 0.3) is 0 Å². The van der Waals surface area contributed by atoms with Crippen LogP contribution in [0.1, 0.15) is 24.2 Å². The average molecular weight is 389 g/mol. The summed E-state index contributed by atoms with van der Waals surface area (Å²) in [7, 11) is 0. The predicted octanol–water partition coefficient (Wildman–Crippen LogP) is 3.22. The van der Waals surface area contributed by atoms with E-state index in [1.165, 1.54) is 24.6 Å². The number of amides is 2. The Kier molecular flexibility index (Phi) is 6.89. The highest BCUT2D eigenvalue weighted by molar-refractivity contribution is 8.00. The fourth-order valence-electron chi connectivity index (χ4n) is 2.40. The molecule has 0 radical (unpaired) electrons. The van der Waals surface area contributed by atoms with Gasteiger partial charge in [0, 0.05) is 18.4 Å². The largest absolute Gasteiger partial charge is 0.376 e. The Morgan fingerprint density at radius 2 is 2.00 bits per heavy atom. The van der Waals surface area contributed by atoms with Crippen LogP contribution < -0.4 is 10.6 Å². The molecule has 0 saturated heterocycles. The molecule has 1 saturated carbocycles. The molecule has 1 aliphatic rings. The predicted molar refractivity (Wildman–Crippen MR) is 105 cm³/mol. The summed E-state index contributed by atoms with van der Waals surface area (Å²) in [4.78, 5) is 23.9. The highest BCUT2D eigenvalue weighted by Crippen LogP contribution is 2.29. The molecule has 1 heterocycles. The first-order chi connectivity index (χ1) is 13.1. The fourth-order valence-corrected chi connectivity index (χ4v) is 3.02. The quantitative estimate of drug-likeness (QED) is 0.648. The lowest BCUT2D eigenvalue weighted by atomic mass is 10.2. The number of aryl methyl sites for hydroxylation is 1. The summed E-state index contributed by atoms with van der Waals surface area (Å²) >= 11 is 1.24. The van der Waals surface area contributed by atoms with Crippen LogP contribution in [-0.2, 0) is 20.9 Å². The molecule has 0 aliphatic heterocycles. The van der Waals surface area contributed by atoms with E-state index in [2.05, 4.69) is 15.8 Å². The lowest BCUT2D eigenvalue weighted by Gasteiger charge is -2.08. The number of thioether (sulfide) groups is 1. The number of rotatable bonds is 10. The lowest BCUT2D eigenvalue weighted by Crippen LogP contribution is -2.18. The Labute approximate surface area is 162 Å². The summed E-state index contributed by atoms with van der Waals surface area (Å²) in [5, 5.41) is 9.15. The number of aromatic nitrogens is 1. The van der Waals surface area contributed by atoms with Gasteiger partial charge in [0.15, 0.2) is 5.82 Å². The Morgan fingerprint density at radius 3 is 2.70 bits per heavy atom. The first kappa shape index (κ1) is 19.4. The molecule has 0 unspecified atom stereocenters. The molecule has 0 spiro atoms. The third kappa shape index (κ3) is 7.07. The molecule has 144 valence electrons. The molecule has 2 amide bonds. The van der Waals surface area contributed by atoms with Gasteiger partial charge in [0.2, 0.25) is 11.8 Å². The standard InChI is InChI=1S/C19H23N3O4S/c1-13-7-17(22-26-13)21-19(24)12-27-11-18(23)20-16-4-2-3-15(8-16)10-25-9-14-5-6-14/h2-4,7-8,14H,5-6,9-12H2,1H3,(H,20,23)(H,21,22,24). The van der Waals surface area contributed by atoms with Crippen LogP contribution >= 0.6 is 11.8 Å². The van der Waals surface area contributed by atoms with E-state index >= 15 is 0 Å². The maximum atomic E-state index is 12.1. The highest BCUT2D eigenvalue weighted by atomic mass is 32.2. The highest BCUT2D eigenvalue weighted by Gasteiger charge is 2.21. The summed E-state index contributed by atoms with van der Waals surface area (Å²) in [6.45, 7) is 3.11. The smallest absolute Gasteiger partial charge is 0.235 e. The van der Waals surface area contributed by atoms with E-state index in [1.807, 2.05) is 24.3 Å². The minimum Gasteiger partial charge on any atom is -0.376 e. The van der Waals surface area contributed by atoms with Crippen molar-refractivity contribution in [3.8, 4) is 0 Å². The van der Waals surface area contributed by atoms with Gasteiger partial charge in [-0.25, -0.2) is 0 Å². The molecular formula is C19H23N3O4S. The van der Waals surface area contributed by atoms with E-state index in [1.54, 1.807) is 13.0 Å². The molecule has 1 aromatic carbocycles. The van der Waals surface area contributed by atoms with Crippen LogP contribution in [0.2, 0.25) is 0 Å². The molecule has 2 aromatic rings. The van der Waals surface area contributed by atoms with Crippen molar-refractivity contribution < 1.29 is 18.8 Å². The van der Waals surface area contributed by atoms with Crippen LogP contribution in [-0.4, -0.2) is 35.1 Å². The molecule has 0 atom stereocenters. The summed E-state index contributed by atoms with van der Waals surface area (Å²) < 4.78 is 10.6. The van der Waals surface area contributed by atoms with E-state index in [-0.39, 0.29) is 23.3 Å². The second-order valence-electron chi connectivity index (χ2n) is 6.57. The first-order valence-corrected chi connectivity index (χ1v) is 10.0. The van der Waals surface area contributed by atoms with E-state index in [9.17, 15) is 9.59 Å². The second kappa shape index (κ2) is 9.57. The number of benzene rings is 1. The van der Waals surface area contributed by atoms with Gasteiger partial charge >= 0.3 is 0 Å². The Hall–Kier alpha value is -2.32. The van der Waals surface area contributed by atoms with Crippen LogP contribution in [0.4, 0.5) is 11.5 Å². The van der Waals surface area contributed by atoms with Gasteiger partial charge in [0.05, 0.1) is 18.1 Å². The summed E-state index contributed by atoms with van der Waals surface area (Å²) in [5.41, 5.74) is 1.76. The molecule has 8 heteroatoms. The van der Waals surface area contributed by atoms with Gasteiger partial charge in [-0.3, -0.25) is 9.59 Å². The van der Waals surface area contributed by atoms with E-state index in [0.29, 0.717) is 18.2 Å². The number of nitrogens with zero attached hydrogens (tertiary/aromatic N) is 1. The zero-order valence-corrected chi connectivity index (χ0v) is 16.0. The van der Waals surface area contributed by atoms with Crippen molar-refractivity contribution in [3.05, 3.63) is 41.7 Å². The molecule has 7 nitrogen and oxygen atoms in total. The normalized spacial score (nSPS) is 13.4. The van der Waals surface area contributed by atoms with Crippen molar-refractivity contribution in [1.29, 1.82) is 0 Å². The third-order valence-electron chi connectivity index (χ3n) is 3.89. The van der Waals surface area contributed by atoms with E-state index in [0.717, 1.165) is 23.8 Å². The molecule has 27 heavy (non-hydrogen) atoms. The zero-order valence-electron chi connectivity index (χ0n) is 15.2. The van der Waals surface area contributed by atoms with Crippen LogP contribution in [0.5, 0.6) is 0 Å². The van der Waals surface area contributed by atoms with Crippen LogP contribution in [0.15, 0.2) is 34.9 Å². The number of carbonyl (C=O) groups excluding carboxylic acids is 2. The van der Waals surface area contributed by atoms with Crippen molar-refractivity contribution in [2.45, 2.75) is 26.4 Å². The Bertz CT molecular complexity index is 789. The van der Waals surface area contributed by atoms with Crippen molar-refractivity contribution in [1.82, 2.24) is 5.16 Å². The fraction of sp³-hybridized carbons (Fsp3) is 0.421. The van der Waals surface area contributed by atoms with Gasteiger partial charge in [-0.15, -0.1) is 11.8 Å². The number of ether oxygens (including phenoxy) is 1. The molecule has 2 N–H and O–H groups in total. The van der Waals surface area contributed by atoms with E-state index in [4.69, 9.17) is 9.26 Å². The van der Waals surface area contributed by atoms with Gasteiger partial charge < -0.3 is 19.9 Å². The summed E-state index contributed by atoms with van der Waals surface area (Å²) in [6, 6.07) is 9.26. The minimum absolute atomic E-state index is 0.152. The topological polar surface area (TPSA) is 93.5 Å². The van der Waals surface area contributed by atoms with Crippen molar-refractivity contribution in [2.24, 2.45) is 5.92 Å². The SMILES string of the molecule is Cc1cc(NC(=O)CSCC(=O)Nc2cccc(COCC3CC3)c2)no1. The van der Waals surface area contributed by atoms with Crippen molar-refractivity contribution in [3.63, 3.8) is 0 Å². The number of nitrogens with one attached hydrogen (secondary N) is 2. The number of anilines is 2. The van der Waals surface area contributed by atoms with Gasteiger partial charge in [-0.05, 0) is 43.4 Å². The van der Waals surface area contributed by atoms with Crippen LogP contribution in [0.25, 0.3) is 0 Å². The van der Waals surface area contributed by atoms with Gasteiger partial charge in [-0.1, -0.05) is 17.3 Å². The van der Waals surface area contributed by atoms with Gasteiger partial charge in [-0.2, -0.15) is 0 Å². The van der Waals surface area contributed by atoms with Gasteiger partial charge in [0.1, 0.15) is 5.76 Å². The number of hydrogen-bond acceptors (Lipinski definition) is 6. The summed E-state index contributed by atoms with van der Waals surface area (Å²) in [6.07, 6.45) is 2.54. The molecule has 1 fully saturated rings. The summed E-state index contributed by atoms with van der Waals surface area (Å²) in [5.74, 6) is 1.70. The third-order valence-corrected chi connectivity index (χ3v) is 4.82. The monoisotopic (exact) mass is 389 g/mol. The zero-order chi connectivity index (χ0) is 19.1. The maximum Gasteiger partial charge on any atom is 0.235 e. The van der Waals surface area contributed by atoms with Crippen LogP contribution in [0.3, 0.4) is 0 Å². The molecular weight excluding hydrogens is 366 g/mol. The minimum atomic E-state index is -0.226. The van der Waals surface area contributed by atoms with Crippen molar-refractivity contribution in [2.75, 3.05) is 28.7 Å². The molecule has 0 bridgehead atoms. The lowest BCUT2D eigenvalue weighted by molar-refractivity contribution is -0.114. The second-order valence-corrected chi connectivity index (χ2v) is 7.56. The average Bonchev–Trinajstić information content (AvgIpc) is 3.36. The first-order valence-electron chi connectivity index (χ1n) is 8.86.